The van der Waals surface area contributed by atoms with E-state index in [2.05, 4.69) is 60.7 Å². The summed E-state index contributed by atoms with van der Waals surface area (Å²) in [6.45, 7) is 4.12. The number of hydrogen-bond donors (Lipinski definition) is 0. The van der Waals surface area contributed by atoms with Gasteiger partial charge in [-0.25, -0.2) is 0 Å². The number of fused-ring (bicyclic) bond motifs is 1. The molecular formula is C11H11IO. The first-order valence-corrected chi connectivity index (χ1v) is 5.32. The molecule has 0 atom stereocenters. The summed E-state index contributed by atoms with van der Waals surface area (Å²) in [4.78, 5) is 0. The zero-order chi connectivity index (χ0) is 9.47. The van der Waals surface area contributed by atoms with Crippen molar-refractivity contribution in [2.45, 2.75) is 19.4 Å². The lowest BCUT2D eigenvalue weighted by Crippen LogP contribution is -2.27. The molecule has 0 fully saturated rings. The van der Waals surface area contributed by atoms with Crippen molar-refractivity contribution in [3.05, 3.63) is 33.4 Å². The van der Waals surface area contributed by atoms with E-state index in [0.29, 0.717) is 0 Å². The SMILES string of the molecule is CC1(C)C=Cc2cc(I)ccc2O1. The fourth-order valence-electron chi connectivity index (χ4n) is 1.35. The first-order chi connectivity index (χ1) is 6.07. The third-order valence-corrected chi connectivity index (χ3v) is 2.68. The fourth-order valence-corrected chi connectivity index (χ4v) is 1.87. The van der Waals surface area contributed by atoms with Gasteiger partial charge in [-0.05, 0) is 60.7 Å². The molecular weight excluding hydrogens is 275 g/mol. The van der Waals surface area contributed by atoms with E-state index in [-0.39, 0.29) is 5.60 Å². The second kappa shape index (κ2) is 3.01. The Morgan fingerprint density at radius 2 is 2.08 bits per heavy atom. The second-order valence-electron chi connectivity index (χ2n) is 3.72. The monoisotopic (exact) mass is 286 g/mol. The Balaban J connectivity index is 2.47. The molecule has 1 aliphatic rings. The van der Waals surface area contributed by atoms with E-state index in [0.717, 1.165) is 5.75 Å². The average molecular weight is 286 g/mol. The highest BCUT2D eigenvalue weighted by Crippen LogP contribution is 2.31. The molecule has 1 heterocycles. The summed E-state index contributed by atoms with van der Waals surface area (Å²) >= 11 is 2.31. The Morgan fingerprint density at radius 3 is 2.85 bits per heavy atom. The zero-order valence-electron chi connectivity index (χ0n) is 7.67. The van der Waals surface area contributed by atoms with Crippen LogP contribution in [0.25, 0.3) is 6.08 Å². The molecule has 1 nitrogen and oxygen atoms in total. The molecule has 0 saturated carbocycles. The molecule has 0 aliphatic carbocycles. The summed E-state index contributed by atoms with van der Waals surface area (Å²) in [5, 5.41) is 0. The zero-order valence-corrected chi connectivity index (χ0v) is 9.83. The minimum Gasteiger partial charge on any atom is -0.483 e. The maximum Gasteiger partial charge on any atom is 0.127 e. The molecule has 0 bridgehead atoms. The van der Waals surface area contributed by atoms with Crippen LogP contribution in [0.4, 0.5) is 0 Å². The van der Waals surface area contributed by atoms with Gasteiger partial charge in [0.15, 0.2) is 0 Å². The molecule has 0 saturated heterocycles. The first-order valence-electron chi connectivity index (χ1n) is 4.25. The molecule has 1 aromatic carbocycles. The van der Waals surface area contributed by atoms with E-state index in [1.54, 1.807) is 0 Å². The van der Waals surface area contributed by atoms with Gasteiger partial charge in [0.1, 0.15) is 11.4 Å². The molecule has 1 aromatic rings. The molecule has 68 valence electrons. The maximum absolute atomic E-state index is 5.78. The smallest absolute Gasteiger partial charge is 0.127 e. The van der Waals surface area contributed by atoms with E-state index in [4.69, 9.17) is 4.74 Å². The average Bonchev–Trinajstić information content (AvgIpc) is 2.05. The van der Waals surface area contributed by atoms with E-state index in [1.165, 1.54) is 9.13 Å². The highest BCUT2D eigenvalue weighted by Gasteiger charge is 2.20. The molecule has 2 heteroatoms. The van der Waals surface area contributed by atoms with Crippen molar-refractivity contribution in [2.24, 2.45) is 0 Å². The lowest BCUT2D eigenvalue weighted by atomic mass is 10.0. The van der Waals surface area contributed by atoms with Gasteiger partial charge in [-0.1, -0.05) is 6.08 Å². The predicted octanol–water partition coefficient (Wildman–Crippen LogP) is 3.48. The van der Waals surface area contributed by atoms with Crippen molar-refractivity contribution in [3.8, 4) is 5.75 Å². The van der Waals surface area contributed by atoms with Gasteiger partial charge in [-0.2, -0.15) is 0 Å². The van der Waals surface area contributed by atoms with Crippen LogP contribution in [0.5, 0.6) is 5.75 Å². The lowest BCUT2D eigenvalue weighted by molar-refractivity contribution is 0.159. The van der Waals surface area contributed by atoms with Crippen LogP contribution in [0.15, 0.2) is 24.3 Å². The van der Waals surface area contributed by atoms with Gasteiger partial charge in [0, 0.05) is 9.13 Å². The van der Waals surface area contributed by atoms with Gasteiger partial charge >= 0.3 is 0 Å². The summed E-state index contributed by atoms with van der Waals surface area (Å²) < 4.78 is 7.02. The largest absolute Gasteiger partial charge is 0.483 e. The van der Waals surface area contributed by atoms with Gasteiger partial charge in [-0.3, -0.25) is 0 Å². The van der Waals surface area contributed by atoms with Crippen LogP contribution < -0.4 is 4.74 Å². The molecule has 0 aromatic heterocycles. The van der Waals surface area contributed by atoms with Crippen LogP contribution in [-0.2, 0) is 0 Å². The predicted molar refractivity (Wildman–Crippen MR) is 62.9 cm³/mol. The summed E-state index contributed by atoms with van der Waals surface area (Å²) in [7, 11) is 0. The number of benzene rings is 1. The van der Waals surface area contributed by atoms with Crippen molar-refractivity contribution < 1.29 is 4.74 Å². The van der Waals surface area contributed by atoms with E-state index >= 15 is 0 Å². The van der Waals surface area contributed by atoms with Crippen molar-refractivity contribution in [1.82, 2.24) is 0 Å². The molecule has 2 rings (SSSR count). The Kier molecular flexibility index (Phi) is 2.10. The Morgan fingerprint density at radius 1 is 1.31 bits per heavy atom. The Labute approximate surface area is 91.9 Å². The molecule has 13 heavy (non-hydrogen) atoms. The highest BCUT2D eigenvalue weighted by atomic mass is 127. The standard InChI is InChI=1S/C11H11IO/c1-11(2)6-5-8-7-9(12)3-4-10(8)13-11/h3-7H,1-2H3. The third-order valence-electron chi connectivity index (χ3n) is 2.01. The number of halogens is 1. The fraction of sp³-hybridized carbons (Fsp3) is 0.273. The number of ether oxygens (including phenoxy) is 1. The first kappa shape index (κ1) is 9.06. The summed E-state index contributed by atoms with van der Waals surface area (Å²) in [5.74, 6) is 0.980. The number of rotatable bonds is 0. The van der Waals surface area contributed by atoms with Gasteiger partial charge in [-0.15, -0.1) is 0 Å². The Hall–Kier alpha value is -0.510. The van der Waals surface area contributed by atoms with Crippen molar-refractivity contribution in [3.63, 3.8) is 0 Å². The normalized spacial score (nSPS) is 17.8. The van der Waals surface area contributed by atoms with Gasteiger partial charge in [0.25, 0.3) is 0 Å². The van der Waals surface area contributed by atoms with Crippen molar-refractivity contribution >= 4 is 28.7 Å². The minimum absolute atomic E-state index is 0.167. The molecule has 1 aliphatic heterocycles. The summed E-state index contributed by atoms with van der Waals surface area (Å²) in [5.41, 5.74) is 1.01. The van der Waals surface area contributed by atoms with E-state index < -0.39 is 0 Å². The highest BCUT2D eigenvalue weighted by molar-refractivity contribution is 14.1. The van der Waals surface area contributed by atoms with Crippen LogP contribution in [-0.4, -0.2) is 5.60 Å². The van der Waals surface area contributed by atoms with Gasteiger partial charge in [0.05, 0.1) is 0 Å². The van der Waals surface area contributed by atoms with E-state index in [1.807, 2.05) is 6.07 Å². The van der Waals surface area contributed by atoms with Crippen LogP contribution in [0.2, 0.25) is 0 Å². The molecule has 0 N–H and O–H groups in total. The van der Waals surface area contributed by atoms with Gasteiger partial charge in [0.2, 0.25) is 0 Å². The summed E-state index contributed by atoms with van der Waals surface area (Å²) in [6.07, 6.45) is 4.21. The van der Waals surface area contributed by atoms with Crippen molar-refractivity contribution in [2.75, 3.05) is 0 Å². The topological polar surface area (TPSA) is 9.23 Å². The molecule has 0 unspecified atom stereocenters. The van der Waals surface area contributed by atoms with Crippen molar-refractivity contribution in [1.29, 1.82) is 0 Å². The third kappa shape index (κ3) is 1.88. The minimum atomic E-state index is -0.167. The molecule has 0 radical (unpaired) electrons. The molecule has 0 spiro atoms. The van der Waals surface area contributed by atoms with Crippen LogP contribution in [0.1, 0.15) is 19.4 Å². The van der Waals surface area contributed by atoms with Crippen LogP contribution >= 0.6 is 22.6 Å². The lowest BCUT2D eigenvalue weighted by Gasteiger charge is -2.27. The second-order valence-corrected chi connectivity index (χ2v) is 4.97. The summed E-state index contributed by atoms with van der Waals surface area (Å²) in [6, 6.07) is 6.22. The maximum atomic E-state index is 5.78. The van der Waals surface area contributed by atoms with E-state index in [9.17, 15) is 0 Å². The number of hydrogen-bond acceptors (Lipinski definition) is 1. The van der Waals surface area contributed by atoms with Crippen LogP contribution in [0, 0.1) is 3.57 Å². The quantitative estimate of drug-likeness (QED) is 0.663. The van der Waals surface area contributed by atoms with Crippen LogP contribution in [0.3, 0.4) is 0 Å². The Bertz CT molecular complexity index is 366. The molecule has 0 amide bonds. The van der Waals surface area contributed by atoms with Gasteiger partial charge < -0.3 is 4.74 Å².